The summed E-state index contributed by atoms with van der Waals surface area (Å²) in [7, 11) is 0. The molecule has 1 aliphatic heterocycles. The van der Waals surface area contributed by atoms with Gasteiger partial charge in [0.1, 0.15) is 0 Å². The van der Waals surface area contributed by atoms with Gasteiger partial charge in [-0.05, 0) is 12.0 Å². The summed E-state index contributed by atoms with van der Waals surface area (Å²) in [6, 6.07) is -0.499. The van der Waals surface area contributed by atoms with Gasteiger partial charge < -0.3 is 15.1 Å². The monoisotopic (exact) mass is 186 g/mol. The van der Waals surface area contributed by atoms with Crippen LogP contribution in [-0.4, -0.2) is 46.4 Å². The van der Waals surface area contributed by atoms with Crippen molar-refractivity contribution in [3.8, 4) is 0 Å². The van der Waals surface area contributed by atoms with Gasteiger partial charge in [0.2, 0.25) is 0 Å². The number of nitrogens with zero attached hydrogens (tertiary/aromatic N) is 4. The lowest BCUT2D eigenvalue weighted by molar-refractivity contribution is 0.0525. The SMILES string of the molecule is [N-]=[N+]=NC1CCN(C(=O)O)CC1O. The molecule has 1 amide bonds. The molecule has 0 spiro atoms. The predicted molar refractivity (Wildman–Crippen MR) is 43.2 cm³/mol. The van der Waals surface area contributed by atoms with E-state index >= 15 is 0 Å². The molecule has 1 fully saturated rings. The number of aliphatic hydroxyl groups excluding tert-OH is 1. The lowest BCUT2D eigenvalue weighted by Crippen LogP contribution is -2.47. The Morgan fingerprint density at radius 3 is 2.85 bits per heavy atom. The smallest absolute Gasteiger partial charge is 0.407 e. The third-order valence-electron chi connectivity index (χ3n) is 2.02. The lowest BCUT2D eigenvalue weighted by Gasteiger charge is -2.31. The minimum absolute atomic E-state index is 0.0129. The van der Waals surface area contributed by atoms with E-state index < -0.39 is 18.2 Å². The van der Waals surface area contributed by atoms with Gasteiger partial charge in [-0.1, -0.05) is 5.11 Å². The number of aliphatic hydroxyl groups is 1. The van der Waals surface area contributed by atoms with E-state index in [9.17, 15) is 9.90 Å². The standard InChI is InChI=1S/C6H10N4O3/c7-9-8-4-1-2-10(6(12)13)3-5(4)11/h4-5,11H,1-3H2,(H,12,13). The minimum Gasteiger partial charge on any atom is -0.465 e. The van der Waals surface area contributed by atoms with E-state index in [4.69, 9.17) is 10.6 Å². The van der Waals surface area contributed by atoms with Crippen LogP contribution in [0.1, 0.15) is 6.42 Å². The van der Waals surface area contributed by atoms with Crippen LogP contribution < -0.4 is 0 Å². The molecule has 0 aliphatic carbocycles. The summed E-state index contributed by atoms with van der Waals surface area (Å²) in [5, 5.41) is 21.3. The number of piperidine rings is 1. The van der Waals surface area contributed by atoms with Crippen molar-refractivity contribution in [2.45, 2.75) is 18.6 Å². The zero-order valence-electron chi connectivity index (χ0n) is 6.87. The number of likely N-dealkylation sites (tertiary alicyclic amines) is 1. The Labute approximate surface area is 74.2 Å². The number of amides is 1. The summed E-state index contributed by atoms with van der Waals surface area (Å²) in [4.78, 5) is 14.2. The molecule has 0 aromatic rings. The Morgan fingerprint density at radius 2 is 2.38 bits per heavy atom. The Balaban J connectivity index is 2.56. The van der Waals surface area contributed by atoms with Crippen molar-refractivity contribution < 1.29 is 15.0 Å². The maximum Gasteiger partial charge on any atom is 0.407 e. The van der Waals surface area contributed by atoms with E-state index in [-0.39, 0.29) is 6.54 Å². The lowest BCUT2D eigenvalue weighted by atomic mass is 10.0. The van der Waals surface area contributed by atoms with E-state index in [0.29, 0.717) is 13.0 Å². The summed E-state index contributed by atoms with van der Waals surface area (Å²) in [6.45, 7) is 0.315. The molecule has 1 rings (SSSR count). The van der Waals surface area contributed by atoms with E-state index in [1.165, 1.54) is 0 Å². The minimum atomic E-state index is -1.06. The normalized spacial score (nSPS) is 27.9. The third kappa shape index (κ3) is 2.24. The number of carboxylic acid groups (broad SMARTS) is 1. The summed E-state index contributed by atoms with van der Waals surface area (Å²) < 4.78 is 0. The molecule has 7 nitrogen and oxygen atoms in total. The zero-order chi connectivity index (χ0) is 9.84. The number of hydrogen-bond acceptors (Lipinski definition) is 3. The highest BCUT2D eigenvalue weighted by atomic mass is 16.4. The number of azide groups is 1. The van der Waals surface area contributed by atoms with Gasteiger partial charge >= 0.3 is 6.09 Å². The average molecular weight is 186 g/mol. The summed E-state index contributed by atoms with van der Waals surface area (Å²) in [5.74, 6) is 0. The van der Waals surface area contributed by atoms with E-state index in [1.807, 2.05) is 0 Å². The maximum absolute atomic E-state index is 10.5. The van der Waals surface area contributed by atoms with Crippen LogP contribution in [0.3, 0.4) is 0 Å². The number of hydrogen-bond donors (Lipinski definition) is 2. The second kappa shape index (κ2) is 3.97. The summed E-state index contributed by atoms with van der Waals surface area (Å²) in [6.07, 6.45) is -1.57. The van der Waals surface area contributed by atoms with Crippen molar-refractivity contribution in [2.75, 3.05) is 13.1 Å². The molecule has 7 heteroatoms. The van der Waals surface area contributed by atoms with Gasteiger partial charge in [0.15, 0.2) is 0 Å². The van der Waals surface area contributed by atoms with Crippen molar-refractivity contribution in [2.24, 2.45) is 5.11 Å². The second-order valence-corrected chi connectivity index (χ2v) is 2.86. The maximum atomic E-state index is 10.5. The van der Waals surface area contributed by atoms with Crippen molar-refractivity contribution in [3.63, 3.8) is 0 Å². The first-order valence-corrected chi connectivity index (χ1v) is 3.85. The van der Waals surface area contributed by atoms with E-state index in [2.05, 4.69) is 10.0 Å². The highest BCUT2D eigenvalue weighted by Gasteiger charge is 2.28. The fourth-order valence-electron chi connectivity index (χ4n) is 1.29. The first-order valence-electron chi connectivity index (χ1n) is 3.85. The molecule has 2 N–H and O–H groups in total. The second-order valence-electron chi connectivity index (χ2n) is 2.86. The molecular weight excluding hydrogens is 176 g/mol. The van der Waals surface area contributed by atoms with Gasteiger partial charge in [-0.3, -0.25) is 0 Å². The molecule has 1 aliphatic rings. The number of rotatable bonds is 1. The molecule has 0 saturated carbocycles. The Hall–Kier alpha value is -1.46. The molecule has 2 unspecified atom stereocenters. The first kappa shape index (κ1) is 9.63. The molecule has 1 saturated heterocycles. The Bertz CT molecular complexity index is 250. The molecule has 72 valence electrons. The van der Waals surface area contributed by atoms with Gasteiger partial charge in [-0.25, -0.2) is 4.79 Å². The van der Waals surface area contributed by atoms with E-state index in [1.54, 1.807) is 0 Å². The Kier molecular flexibility index (Phi) is 2.94. The highest BCUT2D eigenvalue weighted by molar-refractivity contribution is 5.65. The van der Waals surface area contributed by atoms with Crippen LogP contribution in [0.5, 0.6) is 0 Å². The Morgan fingerprint density at radius 1 is 1.69 bits per heavy atom. The molecule has 0 radical (unpaired) electrons. The van der Waals surface area contributed by atoms with Gasteiger partial charge in [-0.2, -0.15) is 0 Å². The van der Waals surface area contributed by atoms with Crippen LogP contribution in [-0.2, 0) is 0 Å². The summed E-state index contributed by atoms with van der Waals surface area (Å²) >= 11 is 0. The fraction of sp³-hybridized carbons (Fsp3) is 0.833. The molecule has 2 atom stereocenters. The third-order valence-corrected chi connectivity index (χ3v) is 2.02. The summed E-state index contributed by atoms with van der Waals surface area (Å²) in [5.41, 5.74) is 8.13. The number of β-amino-alcohol motifs (C(OH)–C–C–N with tert-alkyl or cyclic N) is 1. The molecule has 0 bridgehead atoms. The van der Waals surface area contributed by atoms with Crippen molar-refractivity contribution in [1.82, 2.24) is 4.90 Å². The van der Waals surface area contributed by atoms with Crippen molar-refractivity contribution >= 4 is 6.09 Å². The van der Waals surface area contributed by atoms with Gasteiger partial charge in [-0.15, -0.1) is 0 Å². The first-order chi connectivity index (χ1) is 6.15. The van der Waals surface area contributed by atoms with Crippen LogP contribution in [0.2, 0.25) is 0 Å². The molecule has 1 heterocycles. The highest BCUT2D eigenvalue weighted by Crippen LogP contribution is 2.14. The molecular formula is C6H10N4O3. The van der Waals surface area contributed by atoms with Crippen LogP contribution in [0.25, 0.3) is 10.4 Å². The zero-order valence-corrected chi connectivity index (χ0v) is 6.87. The van der Waals surface area contributed by atoms with Crippen molar-refractivity contribution in [1.29, 1.82) is 0 Å². The van der Waals surface area contributed by atoms with E-state index in [0.717, 1.165) is 4.90 Å². The fourth-order valence-corrected chi connectivity index (χ4v) is 1.29. The molecule has 0 aromatic carbocycles. The van der Waals surface area contributed by atoms with Gasteiger partial charge in [0.05, 0.1) is 18.7 Å². The van der Waals surface area contributed by atoms with Crippen LogP contribution in [0, 0.1) is 0 Å². The van der Waals surface area contributed by atoms with Crippen LogP contribution >= 0.6 is 0 Å². The average Bonchev–Trinajstić information content (AvgIpc) is 2.08. The predicted octanol–water partition coefficient (Wildman–Crippen LogP) is 0.410. The van der Waals surface area contributed by atoms with Gasteiger partial charge in [0, 0.05) is 11.5 Å². The van der Waals surface area contributed by atoms with Crippen LogP contribution in [0.4, 0.5) is 4.79 Å². The molecule has 13 heavy (non-hydrogen) atoms. The quantitative estimate of drug-likeness (QED) is 0.351. The van der Waals surface area contributed by atoms with Gasteiger partial charge in [0.25, 0.3) is 0 Å². The topological polar surface area (TPSA) is 110 Å². The number of carbonyl (C=O) groups is 1. The van der Waals surface area contributed by atoms with Crippen LogP contribution in [0.15, 0.2) is 5.11 Å². The largest absolute Gasteiger partial charge is 0.465 e. The molecule has 0 aromatic heterocycles. The van der Waals surface area contributed by atoms with Crippen molar-refractivity contribution in [3.05, 3.63) is 10.4 Å².